The zero-order valence-corrected chi connectivity index (χ0v) is 14.6. The fourth-order valence-electron chi connectivity index (χ4n) is 2.63. The van der Waals surface area contributed by atoms with Crippen molar-refractivity contribution in [2.75, 3.05) is 0 Å². The van der Waals surface area contributed by atoms with E-state index in [1.54, 1.807) is 10.6 Å². The van der Waals surface area contributed by atoms with Crippen LogP contribution in [0.25, 0.3) is 0 Å². The molecule has 1 aromatic rings. The first-order valence-corrected chi connectivity index (χ1v) is 8.95. The Morgan fingerprint density at radius 3 is 2.58 bits per heavy atom. The predicted molar refractivity (Wildman–Crippen MR) is 89.1 cm³/mol. The first-order chi connectivity index (χ1) is 11.0. The van der Waals surface area contributed by atoms with E-state index in [1.807, 2.05) is 20.8 Å². The highest BCUT2D eigenvalue weighted by molar-refractivity contribution is 7.85. The van der Waals surface area contributed by atoms with Crippen molar-refractivity contribution in [3.63, 3.8) is 0 Å². The van der Waals surface area contributed by atoms with E-state index in [2.05, 4.69) is 12.0 Å². The Morgan fingerprint density at radius 1 is 1.33 bits per heavy atom. The topological polar surface area (TPSA) is 94.7 Å². The van der Waals surface area contributed by atoms with Gasteiger partial charge in [0, 0.05) is 31.4 Å². The van der Waals surface area contributed by atoms with E-state index in [0.29, 0.717) is 12.8 Å². The molecule has 0 aliphatic carbocycles. The number of rotatable bonds is 4. The fraction of sp³-hybridized carbons (Fsp3) is 0.412. The number of hydrogen-bond donors (Lipinski definition) is 2. The third kappa shape index (κ3) is 3.50. The molecule has 0 saturated carbocycles. The van der Waals surface area contributed by atoms with Crippen molar-refractivity contribution in [1.29, 1.82) is 0 Å². The molecule has 0 atom stereocenters. The number of carboxylic acid groups (broad SMARTS) is 1. The van der Waals surface area contributed by atoms with Crippen molar-refractivity contribution >= 4 is 27.5 Å². The van der Waals surface area contributed by atoms with Crippen LogP contribution in [0.5, 0.6) is 0 Å². The zero-order valence-electron chi connectivity index (χ0n) is 13.8. The molecule has 1 aliphatic heterocycles. The van der Waals surface area contributed by atoms with Crippen LogP contribution in [0.4, 0.5) is 5.69 Å². The highest BCUT2D eigenvalue weighted by atomic mass is 32.2. The Bertz CT molecular complexity index is 885. The van der Waals surface area contributed by atoms with Gasteiger partial charge in [0.05, 0.1) is 10.3 Å². The molecule has 0 aromatic heterocycles. The van der Waals surface area contributed by atoms with Crippen molar-refractivity contribution in [3.8, 4) is 12.0 Å². The monoisotopic (exact) mass is 350 g/mol. The van der Waals surface area contributed by atoms with Crippen molar-refractivity contribution in [2.24, 2.45) is 0 Å². The second-order valence-electron chi connectivity index (χ2n) is 6.24. The molecular weight excluding hydrogens is 330 g/mol. The summed E-state index contributed by atoms with van der Waals surface area (Å²) < 4.78 is 33.8. The van der Waals surface area contributed by atoms with Crippen LogP contribution < -0.4 is 0 Å². The number of benzene rings is 1. The minimum atomic E-state index is -4.26. The van der Waals surface area contributed by atoms with Crippen LogP contribution in [0, 0.1) is 12.0 Å². The van der Waals surface area contributed by atoms with Gasteiger partial charge in [-0.3, -0.25) is 9.35 Å². The van der Waals surface area contributed by atoms with Gasteiger partial charge in [0.15, 0.2) is 5.71 Å². The molecule has 6 nitrogen and oxygen atoms in total. The number of fused-ring (bicyclic) bond motifs is 1. The van der Waals surface area contributed by atoms with E-state index in [4.69, 9.17) is 5.11 Å². The third-order valence-corrected chi connectivity index (χ3v) is 5.15. The van der Waals surface area contributed by atoms with Crippen molar-refractivity contribution in [2.45, 2.75) is 50.3 Å². The second-order valence-corrected chi connectivity index (χ2v) is 7.66. The summed E-state index contributed by atoms with van der Waals surface area (Å²) in [6, 6.07) is 7.47. The van der Waals surface area contributed by atoms with Gasteiger partial charge in [-0.15, -0.1) is 4.58 Å². The maximum atomic E-state index is 11.4. The lowest BCUT2D eigenvalue weighted by Crippen LogP contribution is -2.25. The highest BCUT2D eigenvalue weighted by Crippen LogP contribution is 2.40. The molecule has 0 radical (unpaired) electrons. The molecule has 7 heteroatoms. The summed E-state index contributed by atoms with van der Waals surface area (Å²) in [5.74, 6) is 2.12. The summed E-state index contributed by atoms with van der Waals surface area (Å²) in [6.07, 6.45) is 1.03. The van der Waals surface area contributed by atoms with E-state index in [-0.39, 0.29) is 11.3 Å². The van der Waals surface area contributed by atoms with Crippen LogP contribution in [-0.2, 0) is 20.3 Å². The zero-order chi connectivity index (χ0) is 18.1. The van der Waals surface area contributed by atoms with E-state index in [1.165, 1.54) is 12.1 Å². The first-order valence-electron chi connectivity index (χ1n) is 7.51. The lowest BCUT2D eigenvalue weighted by molar-refractivity contribution is -0.334. The van der Waals surface area contributed by atoms with Gasteiger partial charge in [-0.1, -0.05) is 0 Å². The van der Waals surface area contributed by atoms with Crippen LogP contribution in [0.15, 0.2) is 23.1 Å². The normalized spacial score (nSPS) is 15.7. The summed E-state index contributed by atoms with van der Waals surface area (Å²) >= 11 is 0. The summed E-state index contributed by atoms with van der Waals surface area (Å²) in [5.41, 5.74) is 2.06. The summed E-state index contributed by atoms with van der Waals surface area (Å²) in [4.78, 5) is 10.4. The molecule has 0 amide bonds. The van der Waals surface area contributed by atoms with Gasteiger partial charge >= 0.3 is 5.97 Å². The molecule has 2 N–H and O–H groups in total. The maximum Gasteiger partial charge on any atom is 0.303 e. The fourth-order valence-corrected chi connectivity index (χ4v) is 3.14. The summed E-state index contributed by atoms with van der Waals surface area (Å²) in [5, 5.41) is 8.62. The van der Waals surface area contributed by atoms with Crippen LogP contribution in [0.1, 0.15) is 45.6 Å². The average molecular weight is 350 g/mol. The van der Waals surface area contributed by atoms with Gasteiger partial charge in [0.1, 0.15) is 0 Å². The van der Waals surface area contributed by atoms with Crippen LogP contribution in [-0.4, -0.2) is 34.3 Å². The predicted octanol–water partition coefficient (Wildman–Crippen LogP) is 2.55. The summed E-state index contributed by atoms with van der Waals surface area (Å²) in [7, 11) is -4.26. The van der Waals surface area contributed by atoms with E-state index < -0.39 is 21.5 Å². The molecular formula is C17H20NO5S+. The SMILES string of the molecule is CC1=[N+](C#CCCCC(=O)O)c2ccc(S(=O)(=O)O)cc2C1(C)C. The van der Waals surface area contributed by atoms with Crippen molar-refractivity contribution in [3.05, 3.63) is 23.8 Å². The molecule has 1 aromatic carbocycles. The molecule has 0 unspecified atom stereocenters. The smallest absolute Gasteiger partial charge is 0.303 e. The van der Waals surface area contributed by atoms with Gasteiger partial charge in [-0.05, 0) is 38.3 Å². The van der Waals surface area contributed by atoms with E-state index >= 15 is 0 Å². The first kappa shape index (κ1) is 18.2. The number of aliphatic carboxylic acids is 1. The number of carboxylic acids is 1. The Kier molecular flexibility index (Phi) is 4.83. The standard InChI is InChI=1S/C17H19NO5S/c1-12-17(2,3)14-11-13(24(21,22)23)8-9-15(14)18(12)10-6-4-5-7-16(19)20/h8-9,11H,4-5,7H2,1-3H3,(H-,19,20,21,22,23)/p+1. The maximum absolute atomic E-state index is 11.4. The second kappa shape index (κ2) is 6.38. The Balaban J connectivity index is 2.38. The van der Waals surface area contributed by atoms with E-state index in [9.17, 15) is 17.8 Å². The number of carbonyl (C=O) groups is 1. The quantitative estimate of drug-likeness (QED) is 0.377. The van der Waals surface area contributed by atoms with E-state index in [0.717, 1.165) is 17.0 Å². The number of unbranched alkanes of at least 4 members (excludes halogenated alkanes) is 1. The van der Waals surface area contributed by atoms with Gasteiger partial charge in [0.2, 0.25) is 11.7 Å². The van der Waals surface area contributed by atoms with Crippen LogP contribution in [0.2, 0.25) is 0 Å². The molecule has 24 heavy (non-hydrogen) atoms. The molecule has 0 spiro atoms. The van der Waals surface area contributed by atoms with Gasteiger partial charge in [-0.25, -0.2) is 0 Å². The molecule has 0 bridgehead atoms. The molecule has 0 saturated heterocycles. The number of hydrogen-bond acceptors (Lipinski definition) is 3. The molecule has 1 heterocycles. The largest absolute Gasteiger partial charge is 0.481 e. The van der Waals surface area contributed by atoms with Gasteiger partial charge < -0.3 is 5.11 Å². The molecule has 1 aliphatic rings. The van der Waals surface area contributed by atoms with Crippen LogP contribution >= 0.6 is 0 Å². The minimum Gasteiger partial charge on any atom is -0.481 e. The average Bonchev–Trinajstić information content (AvgIpc) is 2.66. The minimum absolute atomic E-state index is 0.0805. The lowest BCUT2D eigenvalue weighted by atomic mass is 9.82. The molecule has 0 fully saturated rings. The third-order valence-electron chi connectivity index (χ3n) is 4.30. The Labute approximate surface area is 141 Å². The highest BCUT2D eigenvalue weighted by Gasteiger charge is 2.43. The molecule has 128 valence electrons. The van der Waals surface area contributed by atoms with Gasteiger partial charge in [-0.2, -0.15) is 8.42 Å². The lowest BCUT2D eigenvalue weighted by Gasteiger charge is -2.14. The molecule has 2 rings (SSSR count). The van der Waals surface area contributed by atoms with Crippen molar-refractivity contribution in [1.82, 2.24) is 0 Å². The van der Waals surface area contributed by atoms with Crippen LogP contribution in [0.3, 0.4) is 0 Å². The van der Waals surface area contributed by atoms with Crippen molar-refractivity contribution < 1.29 is 27.4 Å². The Hall–Kier alpha value is -2.17. The number of nitrogens with zero attached hydrogens (tertiary/aromatic N) is 1. The van der Waals surface area contributed by atoms with Gasteiger partial charge in [0.25, 0.3) is 10.1 Å². The Morgan fingerprint density at radius 2 is 2.00 bits per heavy atom. The summed E-state index contributed by atoms with van der Waals surface area (Å²) in [6.45, 7) is 5.83.